The molecule has 0 saturated heterocycles. The molecule has 1 unspecified atom stereocenters. The van der Waals surface area contributed by atoms with Gasteiger partial charge in [-0.3, -0.25) is 4.79 Å². The highest BCUT2D eigenvalue weighted by Crippen LogP contribution is 2.17. The molecule has 5 heteroatoms. The van der Waals surface area contributed by atoms with E-state index in [2.05, 4.69) is 5.32 Å². The van der Waals surface area contributed by atoms with Gasteiger partial charge in [0.2, 0.25) is 5.91 Å². The molecule has 112 valence electrons. The van der Waals surface area contributed by atoms with Gasteiger partial charge in [0.25, 0.3) is 0 Å². The first-order chi connectivity index (χ1) is 9.67. The molecule has 20 heavy (non-hydrogen) atoms. The number of nitrogens with two attached hydrogens (primary N) is 1. The fourth-order valence-electron chi connectivity index (χ4n) is 1.70. The normalized spacial score (nSPS) is 11.9. The van der Waals surface area contributed by atoms with Gasteiger partial charge in [-0.2, -0.15) is 0 Å². The first-order valence-electron chi connectivity index (χ1n) is 6.90. The monoisotopic (exact) mass is 280 g/mol. The highest BCUT2D eigenvalue weighted by molar-refractivity contribution is 5.92. The Morgan fingerprint density at radius 2 is 2.00 bits per heavy atom. The molecule has 0 aromatic heterocycles. The summed E-state index contributed by atoms with van der Waals surface area (Å²) < 4.78 is 10.4. The van der Waals surface area contributed by atoms with Crippen molar-refractivity contribution in [3.63, 3.8) is 0 Å². The Labute approximate surface area is 120 Å². The predicted molar refractivity (Wildman–Crippen MR) is 79.9 cm³/mol. The Bertz CT molecular complexity index is 393. The van der Waals surface area contributed by atoms with Crippen molar-refractivity contribution in [1.29, 1.82) is 0 Å². The summed E-state index contributed by atoms with van der Waals surface area (Å²) >= 11 is 0. The van der Waals surface area contributed by atoms with Crippen LogP contribution in [0.4, 0.5) is 5.69 Å². The molecule has 0 aliphatic heterocycles. The van der Waals surface area contributed by atoms with E-state index >= 15 is 0 Å². The van der Waals surface area contributed by atoms with Crippen LogP contribution in [0.3, 0.4) is 0 Å². The van der Waals surface area contributed by atoms with Crippen molar-refractivity contribution in [3.05, 3.63) is 24.3 Å². The van der Waals surface area contributed by atoms with Gasteiger partial charge in [0.1, 0.15) is 12.4 Å². The van der Waals surface area contributed by atoms with E-state index in [1.807, 2.05) is 31.2 Å². The van der Waals surface area contributed by atoms with E-state index in [0.717, 1.165) is 24.3 Å². The zero-order valence-corrected chi connectivity index (χ0v) is 12.2. The third kappa shape index (κ3) is 6.04. The van der Waals surface area contributed by atoms with Crippen molar-refractivity contribution < 1.29 is 14.3 Å². The van der Waals surface area contributed by atoms with Crippen molar-refractivity contribution in [2.24, 2.45) is 11.7 Å². The van der Waals surface area contributed by atoms with Crippen LogP contribution in [0.5, 0.6) is 5.75 Å². The number of rotatable bonds is 9. The molecule has 1 amide bonds. The molecular formula is C15H24N2O3. The Balaban J connectivity index is 2.42. The summed E-state index contributed by atoms with van der Waals surface area (Å²) in [6.07, 6.45) is 1.67. The minimum absolute atomic E-state index is 0.0199. The van der Waals surface area contributed by atoms with Crippen molar-refractivity contribution >= 4 is 11.6 Å². The smallest absolute Gasteiger partial charge is 0.227 e. The third-order valence-electron chi connectivity index (χ3n) is 2.97. The molecule has 5 nitrogen and oxygen atoms in total. The van der Waals surface area contributed by atoms with Gasteiger partial charge in [-0.05, 0) is 43.7 Å². The maximum Gasteiger partial charge on any atom is 0.227 e. The summed E-state index contributed by atoms with van der Waals surface area (Å²) in [5.74, 6) is 0.749. The minimum Gasteiger partial charge on any atom is -0.491 e. The molecule has 0 bridgehead atoms. The van der Waals surface area contributed by atoms with Crippen LogP contribution in [0.1, 0.15) is 19.8 Å². The van der Waals surface area contributed by atoms with E-state index in [1.165, 1.54) is 0 Å². The van der Waals surface area contributed by atoms with Gasteiger partial charge >= 0.3 is 0 Å². The number of hydrogen-bond donors (Lipinski definition) is 2. The average Bonchev–Trinajstić information content (AvgIpc) is 2.46. The van der Waals surface area contributed by atoms with Crippen molar-refractivity contribution in [2.75, 3.05) is 32.2 Å². The zero-order valence-electron chi connectivity index (χ0n) is 12.2. The Hall–Kier alpha value is -1.59. The molecule has 0 aliphatic rings. The molecule has 1 aromatic rings. The standard InChI is InChI=1S/C15H24N2O3/c1-12(4-3-9-16)15(18)17-13-5-7-14(8-6-13)20-11-10-19-2/h5-8,12H,3-4,9-11,16H2,1-2H3,(H,17,18). The Morgan fingerprint density at radius 3 is 2.60 bits per heavy atom. The van der Waals surface area contributed by atoms with Crippen LogP contribution in [-0.2, 0) is 9.53 Å². The first kappa shape index (κ1) is 16.5. The second-order valence-electron chi connectivity index (χ2n) is 4.69. The lowest BCUT2D eigenvalue weighted by atomic mass is 10.0. The lowest BCUT2D eigenvalue weighted by molar-refractivity contribution is -0.119. The molecular weight excluding hydrogens is 256 g/mol. The van der Waals surface area contributed by atoms with E-state index in [0.29, 0.717) is 19.8 Å². The fraction of sp³-hybridized carbons (Fsp3) is 0.533. The van der Waals surface area contributed by atoms with Gasteiger partial charge in [-0.1, -0.05) is 6.92 Å². The molecule has 0 spiro atoms. The van der Waals surface area contributed by atoms with Crippen LogP contribution >= 0.6 is 0 Å². The maximum atomic E-state index is 11.9. The van der Waals surface area contributed by atoms with Crippen LogP contribution < -0.4 is 15.8 Å². The minimum atomic E-state index is -0.0313. The van der Waals surface area contributed by atoms with E-state index in [4.69, 9.17) is 15.2 Å². The first-order valence-corrected chi connectivity index (χ1v) is 6.90. The lowest BCUT2D eigenvalue weighted by Crippen LogP contribution is -2.21. The number of carbonyl (C=O) groups excluding carboxylic acids is 1. The highest BCUT2D eigenvalue weighted by Gasteiger charge is 2.12. The van der Waals surface area contributed by atoms with Gasteiger partial charge < -0.3 is 20.5 Å². The lowest BCUT2D eigenvalue weighted by Gasteiger charge is -2.12. The van der Waals surface area contributed by atoms with Gasteiger partial charge in [-0.15, -0.1) is 0 Å². The highest BCUT2D eigenvalue weighted by atomic mass is 16.5. The van der Waals surface area contributed by atoms with Crippen LogP contribution in [0, 0.1) is 5.92 Å². The topological polar surface area (TPSA) is 73.6 Å². The number of carbonyl (C=O) groups is 1. The predicted octanol–water partition coefficient (Wildman–Crippen LogP) is 2.03. The Morgan fingerprint density at radius 1 is 1.30 bits per heavy atom. The van der Waals surface area contributed by atoms with Gasteiger partial charge in [0.15, 0.2) is 0 Å². The maximum absolute atomic E-state index is 11.9. The summed E-state index contributed by atoms with van der Waals surface area (Å²) in [6, 6.07) is 7.32. The molecule has 0 heterocycles. The quantitative estimate of drug-likeness (QED) is 0.679. The molecule has 0 radical (unpaired) electrons. The number of methoxy groups -OCH3 is 1. The van der Waals surface area contributed by atoms with E-state index in [-0.39, 0.29) is 11.8 Å². The molecule has 1 aromatic carbocycles. The molecule has 0 fully saturated rings. The molecule has 1 atom stereocenters. The summed E-state index contributed by atoms with van der Waals surface area (Å²) in [7, 11) is 1.63. The zero-order chi connectivity index (χ0) is 14.8. The van der Waals surface area contributed by atoms with Crippen LogP contribution in [0.15, 0.2) is 24.3 Å². The van der Waals surface area contributed by atoms with Crippen molar-refractivity contribution in [1.82, 2.24) is 0 Å². The third-order valence-corrected chi connectivity index (χ3v) is 2.97. The molecule has 3 N–H and O–H groups in total. The summed E-state index contributed by atoms with van der Waals surface area (Å²) in [5, 5.41) is 2.89. The van der Waals surface area contributed by atoms with Gasteiger partial charge in [0, 0.05) is 18.7 Å². The van der Waals surface area contributed by atoms with Gasteiger partial charge in [-0.25, -0.2) is 0 Å². The largest absolute Gasteiger partial charge is 0.491 e. The number of benzene rings is 1. The SMILES string of the molecule is COCCOc1ccc(NC(=O)C(C)CCCN)cc1. The van der Waals surface area contributed by atoms with Crippen LogP contribution in [-0.4, -0.2) is 32.8 Å². The molecule has 0 saturated carbocycles. The molecule has 1 rings (SSSR count). The van der Waals surface area contributed by atoms with E-state index in [9.17, 15) is 4.79 Å². The summed E-state index contributed by atoms with van der Waals surface area (Å²) in [5.41, 5.74) is 6.21. The van der Waals surface area contributed by atoms with Crippen molar-refractivity contribution in [2.45, 2.75) is 19.8 Å². The average molecular weight is 280 g/mol. The van der Waals surface area contributed by atoms with E-state index in [1.54, 1.807) is 7.11 Å². The number of anilines is 1. The molecule has 0 aliphatic carbocycles. The Kier molecular flexibility index (Phi) is 7.69. The second-order valence-corrected chi connectivity index (χ2v) is 4.69. The van der Waals surface area contributed by atoms with Gasteiger partial charge in [0.05, 0.1) is 6.61 Å². The summed E-state index contributed by atoms with van der Waals surface area (Å²) in [6.45, 7) is 3.59. The number of hydrogen-bond acceptors (Lipinski definition) is 4. The fourth-order valence-corrected chi connectivity index (χ4v) is 1.70. The summed E-state index contributed by atoms with van der Waals surface area (Å²) in [4.78, 5) is 11.9. The number of amides is 1. The second kappa shape index (κ2) is 9.34. The van der Waals surface area contributed by atoms with Crippen LogP contribution in [0.25, 0.3) is 0 Å². The van der Waals surface area contributed by atoms with E-state index < -0.39 is 0 Å². The van der Waals surface area contributed by atoms with Crippen LogP contribution in [0.2, 0.25) is 0 Å². The number of ether oxygens (including phenoxy) is 2. The van der Waals surface area contributed by atoms with Crippen molar-refractivity contribution in [3.8, 4) is 5.75 Å². The number of nitrogens with one attached hydrogen (secondary N) is 1.